The topological polar surface area (TPSA) is 31.4 Å². The largest absolute Gasteiger partial charge is 0.497 e. The van der Waals surface area contributed by atoms with Crippen LogP contribution in [0.1, 0.15) is 5.56 Å². The van der Waals surface area contributed by atoms with Gasteiger partial charge in [0, 0.05) is 24.0 Å². The van der Waals surface area contributed by atoms with Crippen LogP contribution in [0.3, 0.4) is 0 Å². The van der Waals surface area contributed by atoms with Crippen molar-refractivity contribution in [3.05, 3.63) is 42.2 Å². The zero-order chi connectivity index (χ0) is 12.3. The van der Waals surface area contributed by atoms with Gasteiger partial charge in [-0.25, -0.2) is 0 Å². The van der Waals surface area contributed by atoms with E-state index in [2.05, 4.69) is 11.9 Å². The molecule has 3 heteroatoms. The molecule has 0 atom stereocenters. The maximum absolute atomic E-state index is 5.26. The molecule has 0 saturated heterocycles. The Morgan fingerprint density at radius 1 is 1.00 bits per heavy atom. The van der Waals surface area contributed by atoms with E-state index >= 15 is 0 Å². The first-order valence-electron chi connectivity index (χ1n) is 5.38. The van der Waals surface area contributed by atoms with Crippen molar-refractivity contribution in [1.82, 2.24) is 4.98 Å². The number of benzene rings is 1. The molecule has 1 heterocycles. The molecule has 0 aliphatic rings. The number of aromatic nitrogens is 1. The lowest BCUT2D eigenvalue weighted by Crippen LogP contribution is -1.90. The molecule has 88 valence electrons. The maximum atomic E-state index is 5.26. The summed E-state index contributed by atoms with van der Waals surface area (Å²) in [4.78, 5) is 4.15. The number of rotatable bonds is 3. The molecule has 17 heavy (non-hydrogen) atoms. The number of hydrogen-bond acceptors (Lipinski definition) is 3. The highest BCUT2D eigenvalue weighted by Gasteiger charge is 2.06. The van der Waals surface area contributed by atoms with E-state index < -0.39 is 0 Å². The normalized spacial score (nSPS) is 10.1. The van der Waals surface area contributed by atoms with Gasteiger partial charge in [0.25, 0.3) is 0 Å². The van der Waals surface area contributed by atoms with Gasteiger partial charge in [-0.1, -0.05) is 0 Å². The standard InChI is InChI=1S/C14H15NO2/c1-10-4-5-15-9-14(10)11-6-12(16-2)8-13(7-11)17-3/h4-9H,1-3H3. The molecular weight excluding hydrogens is 214 g/mol. The van der Waals surface area contributed by atoms with Crippen LogP contribution in [0.5, 0.6) is 11.5 Å². The highest BCUT2D eigenvalue weighted by atomic mass is 16.5. The molecule has 0 aliphatic carbocycles. The van der Waals surface area contributed by atoms with Gasteiger partial charge in [0.15, 0.2) is 0 Å². The molecule has 0 bridgehead atoms. The predicted molar refractivity (Wildman–Crippen MR) is 67.5 cm³/mol. The number of ether oxygens (including phenoxy) is 2. The number of methoxy groups -OCH3 is 2. The van der Waals surface area contributed by atoms with E-state index in [4.69, 9.17) is 9.47 Å². The van der Waals surface area contributed by atoms with Gasteiger partial charge in [-0.05, 0) is 36.2 Å². The molecule has 0 spiro atoms. The number of hydrogen-bond donors (Lipinski definition) is 0. The van der Waals surface area contributed by atoms with Crippen molar-refractivity contribution in [3.63, 3.8) is 0 Å². The van der Waals surface area contributed by atoms with Crippen LogP contribution in [0.4, 0.5) is 0 Å². The quantitative estimate of drug-likeness (QED) is 0.810. The van der Waals surface area contributed by atoms with Gasteiger partial charge >= 0.3 is 0 Å². The molecule has 1 aromatic heterocycles. The summed E-state index contributed by atoms with van der Waals surface area (Å²) in [5.41, 5.74) is 3.31. The van der Waals surface area contributed by atoms with E-state index in [1.54, 1.807) is 20.4 Å². The van der Waals surface area contributed by atoms with Crippen molar-refractivity contribution < 1.29 is 9.47 Å². The monoisotopic (exact) mass is 229 g/mol. The predicted octanol–water partition coefficient (Wildman–Crippen LogP) is 3.07. The Balaban J connectivity index is 2.55. The number of pyridine rings is 1. The fourth-order valence-corrected chi connectivity index (χ4v) is 1.73. The lowest BCUT2D eigenvalue weighted by atomic mass is 10.0. The summed E-state index contributed by atoms with van der Waals surface area (Å²) in [6.07, 6.45) is 3.64. The van der Waals surface area contributed by atoms with Crippen molar-refractivity contribution >= 4 is 0 Å². The van der Waals surface area contributed by atoms with Crippen molar-refractivity contribution in [2.45, 2.75) is 6.92 Å². The van der Waals surface area contributed by atoms with Crippen LogP contribution in [0.25, 0.3) is 11.1 Å². The minimum absolute atomic E-state index is 0.780. The Labute approximate surface area is 101 Å². The van der Waals surface area contributed by atoms with E-state index in [-0.39, 0.29) is 0 Å². The fraction of sp³-hybridized carbons (Fsp3) is 0.214. The molecule has 0 N–H and O–H groups in total. The second kappa shape index (κ2) is 4.87. The molecule has 0 saturated carbocycles. The minimum Gasteiger partial charge on any atom is -0.497 e. The Hall–Kier alpha value is -2.03. The van der Waals surface area contributed by atoms with Gasteiger partial charge in [-0.2, -0.15) is 0 Å². The summed E-state index contributed by atoms with van der Waals surface area (Å²) < 4.78 is 10.5. The summed E-state index contributed by atoms with van der Waals surface area (Å²) in [5, 5.41) is 0. The summed E-state index contributed by atoms with van der Waals surface area (Å²) in [6, 6.07) is 7.80. The summed E-state index contributed by atoms with van der Waals surface area (Å²) >= 11 is 0. The molecule has 3 nitrogen and oxygen atoms in total. The molecule has 2 aromatic rings. The highest BCUT2D eigenvalue weighted by Crippen LogP contribution is 2.30. The van der Waals surface area contributed by atoms with Gasteiger partial charge in [0.2, 0.25) is 0 Å². The van der Waals surface area contributed by atoms with Crippen molar-refractivity contribution in [2.75, 3.05) is 14.2 Å². The van der Waals surface area contributed by atoms with Gasteiger partial charge in [0.1, 0.15) is 11.5 Å². The summed E-state index contributed by atoms with van der Waals surface area (Å²) in [7, 11) is 3.29. The minimum atomic E-state index is 0.780. The molecule has 0 aliphatic heterocycles. The van der Waals surface area contributed by atoms with E-state index in [1.807, 2.05) is 30.5 Å². The van der Waals surface area contributed by atoms with Crippen LogP contribution < -0.4 is 9.47 Å². The van der Waals surface area contributed by atoms with Crippen molar-refractivity contribution in [2.24, 2.45) is 0 Å². The summed E-state index contributed by atoms with van der Waals surface area (Å²) in [6.45, 7) is 2.06. The van der Waals surface area contributed by atoms with E-state index in [0.717, 1.165) is 22.6 Å². The maximum Gasteiger partial charge on any atom is 0.123 e. The van der Waals surface area contributed by atoms with Crippen LogP contribution in [-0.2, 0) is 0 Å². The molecular formula is C14H15NO2. The first-order chi connectivity index (χ1) is 8.24. The fourth-order valence-electron chi connectivity index (χ4n) is 1.73. The average molecular weight is 229 g/mol. The van der Waals surface area contributed by atoms with Crippen LogP contribution in [0.15, 0.2) is 36.7 Å². The van der Waals surface area contributed by atoms with Crippen LogP contribution in [-0.4, -0.2) is 19.2 Å². The smallest absolute Gasteiger partial charge is 0.123 e. The van der Waals surface area contributed by atoms with Gasteiger partial charge in [-0.3, -0.25) is 4.98 Å². The van der Waals surface area contributed by atoms with Gasteiger partial charge < -0.3 is 9.47 Å². The van der Waals surface area contributed by atoms with E-state index in [1.165, 1.54) is 5.56 Å². The molecule has 0 unspecified atom stereocenters. The third kappa shape index (κ3) is 2.38. The first kappa shape index (κ1) is 11.5. The third-order valence-electron chi connectivity index (χ3n) is 2.70. The molecule has 2 rings (SSSR count). The first-order valence-corrected chi connectivity index (χ1v) is 5.38. The number of aryl methyl sites for hydroxylation is 1. The van der Waals surface area contributed by atoms with Crippen molar-refractivity contribution in [3.8, 4) is 22.6 Å². The molecule has 0 radical (unpaired) electrons. The molecule has 0 amide bonds. The van der Waals surface area contributed by atoms with Crippen LogP contribution in [0, 0.1) is 6.92 Å². The molecule has 0 fully saturated rings. The Kier molecular flexibility index (Phi) is 3.28. The summed E-state index contributed by atoms with van der Waals surface area (Å²) in [5.74, 6) is 1.56. The van der Waals surface area contributed by atoms with Crippen LogP contribution in [0.2, 0.25) is 0 Å². The lowest BCUT2D eigenvalue weighted by Gasteiger charge is -2.10. The Morgan fingerprint density at radius 3 is 2.18 bits per heavy atom. The average Bonchev–Trinajstić information content (AvgIpc) is 2.38. The second-order valence-electron chi connectivity index (χ2n) is 3.79. The van der Waals surface area contributed by atoms with Gasteiger partial charge in [-0.15, -0.1) is 0 Å². The highest BCUT2D eigenvalue weighted by molar-refractivity contribution is 5.69. The number of nitrogens with zero attached hydrogens (tertiary/aromatic N) is 1. The molecule has 1 aromatic carbocycles. The lowest BCUT2D eigenvalue weighted by molar-refractivity contribution is 0.394. The van der Waals surface area contributed by atoms with E-state index in [9.17, 15) is 0 Å². The Morgan fingerprint density at radius 2 is 1.65 bits per heavy atom. The van der Waals surface area contributed by atoms with E-state index in [0.29, 0.717) is 0 Å². The SMILES string of the molecule is COc1cc(OC)cc(-c2cnccc2C)c1. The second-order valence-corrected chi connectivity index (χ2v) is 3.79. The zero-order valence-electron chi connectivity index (χ0n) is 10.2. The van der Waals surface area contributed by atoms with Crippen molar-refractivity contribution in [1.29, 1.82) is 0 Å². The Bertz CT molecular complexity index is 501. The van der Waals surface area contributed by atoms with Crippen LogP contribution >= 0.6 is 0 Å². The van der Waals surface area contributed by atoms with Gasteiger partial charge in [0.05, 0.1) is 14.2 Å². The third-order valence-corrected chi connectivity index (χ3v) is 2.70. The zero-order valence-corrected chi connectivity index (χ0v) is 10.2.